The smallest absolute Gasteiger partial charge is 0.325 e. The van der Waals surface area contributed by atoms with E-state index in [-0.39, 0.29) is 12.5 Å². The van der Waals surface area contributed by atoms with E-state index in [0.29, 0.717) is 13.0 Å². The van der Waals surface area contributed by atoms with Gasteiger partial charge in [-0.25, -0.2) is 0 Å². The number of unbranched alkanes of at least 4 members (excludes halogenated alkanes) is 1. The van der Waals surface area contributed by atoms with Crippen molar-refractivity contribution in [2.45, 2.75) is 38.8 Å². The summed E-state index contributed by atoms with van der Waals surface area (Å²) in [5.74, 6) is -0.653. The number of ether oxygens (including phenoxy) is 1. The lowest BCUT2D eigenvalue weighted by Crippen LogP contribution is -2.45. The second kappa shape index (κ2) is 9.13. The zero-order chi connectivity index (χ0) is 15.7. The van der Waals surface area contributed by atoms with Crippen LogP contribution in [0.4, 0.5) is 0 Å². The van der Waals surface area contributed by atoms with Crippen LogP contribution in [0.5, 0.6) is 0 Å². The van der Waals surface area contributed by atoms with Crippen LogP contribution in [-0.2, 0) is 20.9 Å². The summed E-state index contributed by atoms with van der Waals surface area (Å²) in [7, 11) is 1.31. The number of hydrogen-bond acceptors (Lipinski definition) is 4. The van der Waals surface area contributed by atoms with Crippen molar-refractivity contribution in [1.29, 1.82) is 0 Å². The highest BCUT2D eigenvalue weighted by Gasteiger charge is 2.23. The van der Waals surface area contributed by atoms with E-state index in [0.717, 1.165) is 18.4 Å². The largest absolute Gasteiger partial charge is 0.468 e. The lowest BCUT2D eigenvalue weighted by Gasteiger charge is -2.24. The first-order valence-corrected chi connectivity index (χ1v) is 7.23. The fourth-order valence-electron chi connectivity index (χ4n) is 2.02. The van der Waals surface area contributed by atoms with E-state index in [1.807, 2.05) is 37.3 Å². The summed E-state index contributed by atoms with van der Waals surface area (Å²) in [6.07, 6.45) is 2.50. The highest BCUT2D eigenvalue weighted by Crippen LogP contribution is 2.09. The number of rotatable bonds is 8. The van der Waals surface area contributed by atoms with Crippen molar-refractivity contribution in [3.05, 3.63) is 35.9 Å². The Bertz CT molecular complexity index is 448. The number of nitrogens with two attached hydrogens (primary N) is 1. The number of carbonyl (C=O) groups excluding carboxylic acids is 2. The van der Waals surface area contributed by atoms with E-state index in [4.69, 9.17) is 5.73 Å². The molecule has 0 aliphatic rings. The molecule has 0 aromatic heterocycles. The number of methoxy groups -OCH3 is 1. The van der Waals surface area contributed by atoms with Crippen molar-refractivity contribution < 1.29 is 14.3 Å². The van der Waals surface area contributed by atoms with Crippen LogP contribution in [0.25, 0.3) is 0 Å². The third-order valence-electron chi connectivity index (χ3n) is 3.26. The van der Waals surface area contributed by atoms with Crippen molar-refractivity contribution in [3.8, 4) is 0 Å². The molecule has 0 aliphatic carbocycles. The highest BCUT2D eigenvalue weighted by molar-refractivity contribution is 5.85. The molecule has 2 N–H and O–H groups in total. The van der Waals surface area contributed by atoms with E-state index >= 15 is 0 Å². The molecule has 0 spiro atoms. The average Bonchev–Trinajstić information content (AvgIpc) is 2.52. The maximum atomic E-state index is 12.4. The van der Waals surface area contributed by atoms with Gasteiger partial charge in [-0.15, -0.1) is 0 Å². The Balaban J connectivity index is 2.76. The van der Waals surface area contributed by atoms with Crippen LogP contribution >= 0.6 is 0 Å². The van der Waals surface area contributed by atoms with Crippen molar-refractivity contribution in [2.75, 3.05) is 13.7 Å². The summed E-state index contributed by atoms with van der Waals surface area (Å²) < 4.78 is 4.66. The van der Waals surface area contributed by atoms with Crippen molar-refractivity contribution in [1.82, 2.24) is 4.90 Å². The van der Waals surface area contributed by atoms with Crippen LogP contribution in [0.15, 0.2) is 30.3 Å². The highest BCUT2D eigenvalue weighted by atomic mass is 16.5. The average molecular weight is 292 g/mol. The maximum Gasteiger partial charge on any atom is 0.325 e. The summed E-state index contributed by atoms with van der Waals surface area (Å²) in [6.45, 7) is 2.33. The first-order chi connectivity index (χ1) is 10.1. The van der Waals surface area contributed by atoms with E-state index in [1.54, 1.807) is 0 Å². The van der Waals surface area contributed by atoms with Gasteiger partial charge in [0.15, 0.2) is 0 Å². The molecule has 116 valence electrons. The molecule has 21 heavy (non-hydrogen) atoms. The van der Waals surface area contributed by atoms with Gasteiger partial charge in [0.25, 0.3) is 0 Å². The second-order valence-corrected chi connectivity index (χ2v) is 5.00. The van der Waals surface area contributed by atoms with Crippen molar-refractivity contribution in [2.24, 2.45) is 5.73 Å². The zero-order valence-electron chi connectivity index (χ0n) is 12.7. The van der Waals surface area contributed by atoms with Gasteiger partial charge in [0.1, 0.15) is 6.54 Å². The third-order valence-corrected chi connectivity index (χ3v) is 3.26. The normalized spacial score (nSPS) is 11.8. The molecule has 1 aromatic carbocycles. The van der Waals surface area contributed by atoms with Crippen LogP contribution < -0.4 is 5.73 Å². The Morgan fingerprint density at radius 1 is 1.29 bits per heavy atom. The standard InChI is InChI=1S/C16H24N2O3/c1-3-4-10-14(17)16(20)18(12-15(19)21-2)11-13-8-6-5-7-9-13/h5-9,14H,3-4,10-12,17H2,1-2H3/t14-/m0/s1. The molecule has 1 atom stereocenters. The molecule has 0 heterocycles. The topological polar surface area (TPSA) is 72.6 Å². The van der Waals surface area contributed by atoms with Gasteiger partial charge in [-0.1, -0.05) is 50.1 Å². The molecule has 5 nitrogen and oxygen atoms in total. The van der Waals surface area contributed by atoms with Crippen LogP contribution in [-0.4, -0.2) is 36.5 Å². The number of nitrogens with zero attached hydrogens (tertiary/aromatic N) is 1. The zero-order valence-corrected chi connectivity index (χ0v) is 12.7. The third kappa shape index (κ3) is 5.95. The molecule has 0 aliphatic heterocycles. The van der Waals surface area contributed by atoms with Crippen LogP contribution in [0, 0.1) is 0 Å². The second-order valence-electron chi connectivity index (χ2n) is 5.00. The van der Waals surface area contributed by atoms with Crippen LogP contribution in [0.1, 0.15) is 31.7 Å². The minimum Gasteiger partial charge on any atom is -0.468 e. The monoisotopic (exact) mass is 292 g/mol. The Labute approximate surface area is 126 Å². The number of carbonyl (C=O) groups is 2. The van der Waals surface area contributed by atoms with E-state index < -0.39 is 12.0 Å². The van der Waals surface area contributed by atoms with Crippen molar-refractivity contribution in [3.63, 3.8) is 0 Å². The summed E-state index contributed by atoms with van der Waals surface area (Å²) in [4.78, 5) is 25.4. The molecular formula is C16H24N2O3. The lowest BCUT2D eigenvalue weighted by atomic mass is 10.1. The molecular weight excluding hydrogens is 268 g/mol. The minimum atomic E-state index is -0.571. The Morgan fingerprint density at radius 3 is 2.52 bits per heavy atom. The molecule has 0 saturated heterocycles. The Kier molecular flexibility index (Phi) is 7.46. The van der Waals surface area contributed by atoms with Gasteiger partial charge >= 0.3 is 5.97 Å². The predicted molar refractivity (Wildman–Crippen MR) is 81.4 cm³/mol. The predicted octanol–water partition coefficient (Wildman–Crippen LogP) is 1.71. The van der Waals surface area contributed by atoms with E-state index in [1.165, 1.54) is 12.0 Å². The molecule has 0 unspecified atom stereocenters. The summed E-state index contributed by atoms with van der Waals surface area (Å²) in [5, 5.41) is 0. The number of benzene rings is 1. The summed E-state index contributed by atoms with van der Waals surface area (Å²) in [5.41, 5.74) is 6.89. The Morgan fingerprint density at radius 2 is 1.95 bits per heavy atom. The minimum absolute atomic E-state index is 0.0793. The van der Waals surface area contributed by atoms with E-state index in [2.05, 4.69) is 4.74 Å². The first-order valence-electron chi connectivity index (χ1n) is 7.23. The van der Waals surface area contributed by atoms with Crippen molar-refractivity contribution >= 4 is 11.9 Å². The van der Waals surface area contributed by atoms with Gasteiger partial charge in [-0.05, 0) is 12.0 Å². The van der Waals surface area contributed by atoms with E-state index in [9.17, 15) is 9.59 Å². The van der Waals surface area contributed by atoms with Gasteiger partial charge in [0.05, 0.1) is 13.2 Å². The lowest BCUT2D eigenvalue weighted by molar-refractivity contribution is -0.147. The quantitative estimate of drug-likeness (QED) is 0.740. The fourth-order valence-corrected chi connectivity index (χ4v) is 2.02. The molecule has 0 fully saturated rings. The molecule has 0 bridgehead atoms. The van der Waals surface area contributed by atoms with Gasteiger partial charge in [0, 0.05) is 6.54 Å². The number of hydrogen-bond donors (Lipinski definition) is 1. The van der Waals surface area contributed by atoms with Gasteiger partial charge in [-0.3, -0.25) is 9.59 Å². The van der Waals surface area contributed by atoms with Crippen LogP contribution in [0.2, 0.25) is 0 Å². The van der Waals surface area contributed by atoms with Crippen LogP contribution in [0.3, 0.4) is 0 Å². The summed E-state index contributed by atoms with van der Waals surface area (Å²) in [6, 6.07) is 8.95. The van der Waals surface area contributed by atoms with Gasteiger partial charge in [-0.2, -0.15) is 0 Å². The molecule has 5 heteroatoms. The molecule has 0 radical (unpaired) electrons. The fraction of sp³-hybridized carbons (Fsp3) is 0.500. The first kappa shape index (κ1) is 17.2. The van der Waals surface area contributed by atoms with Gasteiger partial charge in [0.2, 0.25) is 5.91 Å². The molecule has 1 rings (SSSR count). The Hall–Kier alpha value is -1.88. The number of esters is 1. The van der Waals surface area contributed by atoms with Gasteiger partial charge < -0.3 is 15.4 Å². The molecule has 1 amide bonds. The maximum absolute atomic E-state index is 12.4. The SMILES string of the molecule is CCCC[C@H](N)C(=O)N(CC(=O)OC)Cc1ccccc1. The molecule has 0 saturated carbocycles. The summed E-state index contributed by atoms with van der Waals surface area (Å²) >= 11 is 0. The number of amides is 1. The molecule has 1 aromatic rings.